The molecule has 0 aliphatic carbocycles. The minimum absolute atomic E-state index is 0.0271. The maximum atomic E-state index is 11.4. The first-order valence-corrected chi connectivity index (χ1v) is 4.20. The molecule has 0 saturated heterocycles. The predicted molar refractivity (Wildman–Crippen MR) is 46.9 cm³/mol. The number of hydrogen-bond acceptors (Lipinski definition) is 2. The van der Waals surface area contributed by atoms with E-state index in [0.29, 0.717) is 5.70 Å². The van der Waals surface area contributed by atoms with Crippen molar-refractivity contribution in [3.63, 3.8) is 0 Å². The molecule has 0 bridgehead atoms. The average molecular weight is 183 g/mol. The summed E-state index contributed by atoms with van der Waals surface area (Å²) in [6.45, 7) is 5.41. The van der Waals surface area contributed by atoms with Gasteiger partial charge in [-0.05, 0) is 20.8 Å². The van der Waals surface area contributed by atoms with E-state index in [1.54, 1.807) is 6.92 Å². The molecule has 0 aromatic heterocycles. The van der Waals surface area contributed by atoms with Crippen LogP contribution >= 0.6 is 0 Å². The Hall–Kier alpha value is -1.32. The number of hydrogen-bond donors (Lipinski definition) is 1. The lowest BCUT2D eigenvalue weighted by Crippen LogP contribution is -2.31. The second-order valence-electron chi connectivity index (χ2n) is 3.40. The lowest BCUT2D eigenvalue weighted by Gasteiger charge is -2.22. The molecular weight excluding hydrogens is 170 g/mol. The van der Waals surface area contributed by atoms with E-state index in [4.69, 9.17) is 5.11 Å². The zero-order valence-corrected chi connectivity index (χ0v) is 8.00. The van der Waals surface area contributed by atoms with Gasteiger partial charge < -0.3 is 10.0 Å². The fourth-order valence-electron chi connectivity index (χ4n) is 1.60. The van der Waals surface area contributed by atoms with Gasteiger partial charge in [0, 0.05) is 11.7 Å². The summed E-state index contributed by atoms with van der Waals surface area (Å²) in [5.74, 6) is -1.11. The first kappa shape index (κ1) is 9.77. The Labute approximate surface area is 76.8 Å². The third kappa shape index (κ3) is 1.56. The van der Waals surface area contributed by atoms with Crippen molar-refractivity contribution in [2.75, 3.05) is 0 Å². The standard InChI is InChI=1S/C9H13NO3/c1-5(2)10-6(3)7(9(12)13)4-8(10)11/h5H,4H2,1-3H3,(H,12,13). The van der Waals surface area contributed by atoms with Crippen LogP contribution in [0, 0.1) is 0 Å². The molecule has 0 aromatic carbocycles. The van der Waals surface area contributed by atoms with E-state index in [1.165, 1.54) is 4.90 Å². The van der Waals surface area contributed by atoms with Crippen LogP contribution in [0.1, 0.15) is 27.2 Å². The Bertz CT molecular complexity index is 291. The van der Waals surface area contributed by atoms with Gasteiger partial charge in [0.05, 0.1) is 12.0 Å². The number of carboxylic acid groups (broad SMARTS) is 1. The monoisotopic (exact) mass is 183 g/mol. The van der Waals surface area contributed by atoms with Gasteiger partial charge in [-0.3, -0.25) is 4.79 Å². The predicted octanol–water partition coefficient (Wildman–Crippen LogP) is 0.986. The van der Waals surface area contributed by atoms with E-state index >= 15 is 0 Å². The largest absolute Gasteiger partial charge is 0.478 e. The van der Waals surface area contributed by atoms with E-state index in [2.05, 4.69) is 0 Å². The number of carbonyl (C=O) groups excluding carboxylic acids is 1. The molecule has 0 saturated carbocycles. The summed E-state index contributed by atoms with van der Waals surface area (Å²) >= 11 is 0. The van der Waals surface area contributed by atoms with Crippen LogP contribution in [0.4, 0.5) is 0 Å². The number of nitrogens with zero attached hydrogens (tertiary/aromatic N) is 1. The Morgan fingerprint density at radius 2 is 2.08 bits per heavy atom. The van der Waals surface area contributed by atoms with Crippen molar-refractivity contribution in [2.45, 2.75) is 33.2 Å². The Morgan fingerprint density at radius 1 is 1.54 bits per heavy atom. The van der Waals surface area contributed by atoms with Crippen LogP contribution in [0.15, 0.2) is 11.3 Å². The van der Waals surface area contributed by atoms with Gasteiger partial charge in [-0.1, -0.05) is 0 Å². The molecule has 1 heterocycles. The minimum atomic E-state index is -0.992. The number of amides is 1. The van der Waals surface area contributed by atoms with Crippen LogP contribution in [0.25, 0.3) is 0 Å². The molecule has 1 amide bonds. The lowest BCUT2D eigenvalue weighted by atomic mass is 10.2. The molecule has 4 heteroatoms. The third-order valence-electron chi connectivity index (χ3n) is 2.17. The number of allylic oxidation sites excluding steroid dienone is 1. The van der Waals surface area contributed by atoms with Crippen LogP contribution in [0.3, 0.4) is 0 Å². The van der Waals surface area contributed by atoms with E-state index < -0.39 is 5.97 Å². The summed E-state index contributed by atoms with van der Waals surface area (Å²) in [5, 5.41) is 8.76. The van der Waals surface area contributed by atoms with Crippen molar-refractivity contribution >= 4 is 11.9 Å². The molecule has 0 radical (unpaired) electrons. The summed E-state index contributed by atoms with van der Waals surface area (Å²) in [6.07, 6.45) is 0.0271. The molecule has 4 nitrogen and oxygen atoms in total. The second-order valence-corrected chi connectivity index (χ2v) is 3.40. The molecule has 13 heavy (non-hydrogen) atoms. The van der Waals surface area contributed by atoms with Crippen LogP contribution in [0.2, 0.25) is 0 Å². The lowest BCUT2D eigenvalue weighted by molar-refractivity contribution is -0.134. The fraction of sp³-hybridized carbons (Fsp3) is 0.556. The van der Waals surface area contributed by atoms with Gasteiger partial charge in [0.1, 0.15) is 0 Å². The highest BCUT2D eigenvalue weighted by Gasteiger charge is 2.32. The molecule has 0 unspecified atom stereocenters. The quantitative estimate of drug-likeness (QED) is 0.694. The molecule has 1 aliphatic heterocycles. The molecule has 0 fully saturated rings. The zero-order valence-electron chi connectivity index (χ0n) is 8.00. The van der Waals surface area contributed by atoms with Crippen molar-refractivity contribution in [1.82, 2.24) is 4.90 Å². The average Bonchev–Trinajstić information content (AvgIpc) is 2.26. The molecule has 1 N–H and O–H groups in total. The van der Waals surface area contributed by atoms with Crippen molar-refractivity contribution in [1.29, 1.82) is 0 Å². The van der Waals surface area contributed by atoms with E-state index in [1.807, 2.05) is 13.8 Å². The Morgan fingerprint density at radius 3 is 2.31 bits per heavy atom. The van der Waals surface area contributed by atoms with Crippen LogP contribution in [-0.4, -0.2) is 27.9 Å². The van der Waals surface area contributed by atoms with E-state index in [0.717, 1.165) is 0 Å². The Balaban J connectivity index is 3.01. The number of carboxylic acids is 1. The maximum Gasteiger partial charge on any atom is 0.333 e. The van der Waals surface area contributed by atoms with Gasteiger partial charge in [0.15, 0.2) is 0 Å². The van der Waals surface area contributed by atoms with Gasteiger partial charge in [-0.2, -0.15) is 0 Å². The normalized spacial score (nSPS) is 17.5. The van der Waals surface area contributed by atoms with Gasteiger partial charge in [-0.15, -0.1) is 0 Å². The van der Waals surface area contributed by atoms with Crippen molar-refractivity contribution in [3.8, 4) is 0 Å². The summed E-state index contributed by atoms with van der Waals surface area (Å²) in [4.78, 5) is 23.6. The molecule has 0 spiro atoms. The van der Waals surface area contributed by atoms with Gasteiger partial charge in [-0.25, -0.2) is 4.79 Å². The summed E-state index contributed by atoms with van der Waals surface area (Å²) in [6, 6.07) is 0.0318. The minimum Gasteiger partial charge on any atom is -0.478 e. The number of carbonyl (C=O) groups is 2. The SMILES string of the molecule is CC1=C(C(=O)O)CC(=O)N1C(C)C. The summed E-state index contributed by atoms with van der Waals surface area (Å²) < 4.78 is 0. The topological polar surface area (TPSA) is 57.6 Å². The van der Waals surface area contributed by atoms with Crippen molar-refractivity contribution in [3.05, 3.63) is 11.3 Å². The summed E-state index contributed by atoms with van der Waals surface area (Å²) in [7, 11) is 0. The maximum absolute atomic E-state index is 11.4. The number of rotatable bonds is 2. The van der Waals surface area contributed by atoms with Crippen molar-refractivity contribution in [2.24, 2.45) is 0 Å². The van der Waals surface area contributed by atoms with Crippen molar-refractivity contribution < 1.29 is 14.7 Å². The second kappa shape index (κ2) is 3.20. The highest BCUT2D eigenvalue weighted by atomic mass is 16.4. The first-order chi connectivity index (χ1) is 5.95. The smallest absolute Gasteiger partial charge is 0.333 e. The number of aliphatic carboxylic acids is 1. The zero-order chi connectivity index (χ0) is 10.2. The van der Waals surface area contributed by atoms with Crippen LogP contribution < -0.4 is 0 Å². The molecule has 0 aromatic rings. The molecule has 1 aliphatic rings. The van der Waals surface area contributed by atoms with E-state index in [9.17, 15) is 9.59 Å². The molecule has 72 valence electrons. The highest BCUT2D eigenvalue weighted by Crippen LogP contribution is 2.25. The fourth-order valence-corrected chi connectivity index (χ4v) is 1.60. The molecule has 0 atom stereocenters. The van der Waals surface area contributed by atoms with Gasteiger partial charge in [0.2, 0.25) is 5.91 Å². The molecular formula is C9H13NO3. The summed E-state index contributed by atoms with van der Waals surface area (Å²) in [5.41, 5.74) is 0.797. The highest BCUT2D eigenvalue weighted by molar-refractivity contribution is 5.99. The van der Waals surface area contributed by atoms with Gasteiger partial charge in [0.25, 0.3) is 0 Å². The third-order valence-corrected chi connectivity index (χ3v) is 2.17. The van der Waals surface area contributed by atoms with Crippen LogP contribution in [0.5, 0.6) is 0 Å². The van der Waals surface area contributed by atoms with Crippen LogP contribution in [-0.2, 0) is 9.59 Å². The van der Waals surface area contributed by atoms with E-state index in [-0.39, 0.29) is 23.9 Å². The first-order valence-electron chi connectivity index (χ1n) is 4.20. The molecule has 1 rings (SSSR count). The Kier molecular flexibility index (Phi) is 2.40. The van der Waals surface area contributed by atoms with Gasteiger partial charge >= 0.3 is 5.97 Å².